The second-order valence-corrected chi connectivity index (χ2v) is 7.59. The highest BCUT2D eigenvalue weighted by molar-refractivity contribution is 6.09. The zero-order valence-corrected chi connectivity index (χ0v) is 17.3. The first kappa shape index (κ1) is 19.7. The Morgan fingerprint density at radius 1 is 0.867 bits per heavy atom. The molecule has 0 spiro atoms. The number of hydrogen-bond acceptors (Lipinski definition) is 3. The van der Waals surface area contributed by atoms with E-state index < -0.39 is 11.6 Å². The van der Waals surface area contributed by atoms with Crippen molar-refractivity contribution in [2.45, 2.75) is 25.9 Å². The number of methoxy groups -OCH3 is 1. The van der Waals surface area contributed by atoms with Gasteiger partial charge in [-0.1, -0.05) is 60.7 Å². The van der Waals surface area contributed by atoms with Crippen molar-refractivity contribution in [3.05, 3.63) is 101 Å². The van der Waals surface area contributed by atoms with E-state index in [9.17, 15) is 9.59 Å². The normalized spacial score (nSPS) is 18.4. The number of nitrogens with one attached hydrogen (secondary N) is 1. The van der Waals surface area contributed by atoms with Crippen molar-refractivity contribution in [3.63, 3.8) is 0 Å². The molecule has 0 aromatic heterocycles. The summed E-state index contributed by atoms with van der Waals surface area (Å²) in [5, 5.41) is 3.00. The van der Waals surface area contributed by atoms with E-state index in [1.807, 2.05) is 86.6 Å². The number of rotatable bonds is 5. The predicted octanol–water partition coefficient (Wildman–Crippen LogP) is 4.31. The Hall–Kier alpha value is -3.60. The third-order valence-corrected chi connectivity index (χ3v) is 5.73. The second-order valence-electron chi connectivity index (χ2n) is 7.59. The molecule has 0 unspecified atom stereocenters. The van der Waals surface area contributed by atoms with Crippen LogP contribution in [0.5, 0.6) is 5.75 Å². The first-order chi connectivity index (χ1) is 14.5. The molecule has 1 heterocycles. The van der Waals surface area contributed by atoms with E-state index >= 15 is 0 Å². The Labute approximate surface area is 176 Å². The number of carbonyl (C=O) groups excluding carboxylic acids is 2. The number of aryl methyl sites for hydroxylation is 2. The third kappa shape index (κ3) is 3.22. The Morgan fingerprint density at radius 3 is 2.33 bits per heavy atom. The van der Waals surface area contributed by atoms with Gasteiger partial charge in [-0.25, -0.2) is 4.79 Å². The highest BCUT2D eigenvalue weighted by Crippen LogP contribution is 2.37. The molecular weight excluding hydrogens is 376 g/mol. The van der Waals surface area contributed by atoms with E-state index in [0.29, 0.717) is 5.75 Å². The minimum absolute atomic E-state index is 0.168. The van der Waals surface area contributed by atoms with Crippen molar-refractivity contribution < 1.29 is 14.3 Å². The maximum absolute atomic E-state index is 13.8. The lowest BCUT2D eigenvalue weighted by Gasteiger charge is -2.28. The van der Waals surface area contributed by atoms with Crippen LogP contribution in [0.1, 0.15) is 27.8 Å². The van der Waals surface area contributed by atoms with E-state index in [1.165, 1.54) is 4.90 Å². The fraction of sp³-hybridized carbons (Fsp3) is 0.200. The van der Waals surface area contributed by atoms with E-state index in [-0.39, 0.29) is 12.5 Å². The molecule has 0 saturated carbocycles. The molecule has 30 heavy (non-hydrogen) atoms. The molecule has 3 aromatic carbocycles. The number of urea groups is 1. The Kier molecular flexibility index (Phi) is 5.04. The minimum Gasteiger partial charge on any atom is -0.497 e. The number of nitrogens with zero attached hydrogens (tertiary/aromatic N) is 1. The van der Waals surface area contributed by atoms with Crippen LogP contribution >= 0.6 is 0 Å². The first-order valence-electron chi connectivity index (χ1n) is 9.86. The standard InChI is InChI=1S/C25H24N2O3/c1-17-12-13-21(14-18(17)2)25(20-9-5-4-6-10-20)23(28)27(24(29)26-25)16-19-8-7-11-22(15-19)30-3/h4-15H,16H2,1-3H3,(H,26,29)/t25-/m1/s1. The van der Waals surface area contributed by atoms with E-state index in [1.54, 1.807) is 7.11 Å². The molecule has 0 aliphatic carbocycles. The van der Waals surface area contributed by atoms with Crippen molar-refractivity contribution in [2.75, 3.05) is 7.11 Å². The van der Waals surface area contributed by atoms with Crippen LogP contribution in [0.3, 0.4) is 0 Å². The minimum atomic E-state index is -1.25. The molecular formula is C25H24N2O3. The molecule has 0 radical (unpaired) electrons. The van der Waals surface area contributed by atoms with Crippen LogP contribution in [-0.2, 0) is 16.9 Å². The van der Waals surface area contributed by atoms with Gasteiger partial charge in [0, 0.05) is 0 Å². The zero-order valence-electron chi connectivity index (χ0n) is 17.3. The molecule has 0 bridgehead atoms. The smallest absolute Gasteiger partial charge is 0.325 e. The monoisotopic (exact) mass is 400 g/mol. The van der Waals surface area contributed by atoms with E-state index in [0.717, 1.165) is 27.8 Å². The number of imide groups is 1. The summed E-state index contributed by atoms with van der Waals surface area (Å²) in [6.45, 7) is 4.20. The quantitative estimate of drug-likeness (QED) is 0.650. The highest BCUT2D eigenvalue weighted by Gasteiger charge is 2.53. The number of hydrogen-bond donors (Lipinski definition) is 1. The van der Waals surface area contributed by atoms with Crippen LogP contribution in [-0.4, -0.2) is 23.9 Å². The van der Waals surface area contributed by atoms with Crippen LogP contribution in [0.15, 0.2) is 72.8 Å². The third-order valence-electron chi connectivity index (χ3n) is 5.73. The molecule has 1 saturated heterocycles. The van der Waals surface area contributed by atoms with Gasteiger partial charge < -0.3 is 10.1 Å². The van der Waals surface area contributed by atoms with Gasteiger partial charge in [0.2, 0.25) is 0 Å². The average molecular weight is 400 g/mol. The van der Waals surface area contributed by atoms with Crippen LogP contribution in [0.4, 0.5) is 4.79 Å². The highest BCUT2D eigenvalue weighted by atomic mass is 16.5. The summed E-state index contributed by atoms with van der Waals surface area (Å²) in [6, 6.07) is 22.3. The first-order valence-corrected chi connectivity index (χ1v) is 9.86. The molecule has 1 atom stereocenters. The lowest BCUT2D eigenvalue weighted by Crippen LogP contribution is -2.45. The number of ether oxygens (including phenoxy) is 1. The lowest BCUT2D eigenvalue weighted by molar-refractivity contribution is -0.130. The maximum Gasteiger partial charge on any atom is 0.325 e. The Morgan fingerprint density at radius 2 is 1.63 bits per heavy atom. The van der Waals surface area contributed by atoms with E-state index in [2.05, 4.69) is 5.32 Å². The summed E-state index contributed by atoms with van der Waals surface area (Å²) in [7, 11) is 1.59. The number of amides is 3. The molecule has 152 valence electrons. The molecule has 1 aliphatic heterocycles. The fourth-order valence-electron chi connectivity index (χ4n) is 3.89. The molecule has 5 heteroatoms. The largest absolute Gasteiger partial charge is 0.497 e. The van der Waals surface area contributed by atoms with Crippen molar-refractivity contribution >= 4 is 11.9 Å². The van der Waals surface area contributed by atoms with Gasteiger partial charge in [-0.3, -0.25) is 9.69 Å². The van der Waals surface area contributed by atoms with Gasteiger partial charge in [-0.2, -0.15) is 0 Å². The van der Waals surface area contributed by atoms with Crippen molar-refractivity contribution in [1.82, 2.24) is 10.2 Å². The van der Waals surface area contributed by atoms with Crippen molar-refractivity contribution in [1.29, 1.82) is 0 Å². The number of benzene rings is 3. The maximum atomic E-state index is 13.8. The zero-order chi connectivity index (χ0) is 21.3. The van der Waals surface area contributed by atoms with Gasteiger partial charge in [0.05, 0.1) is 13.7 Å². The van der Waals surface area contributed by atoms with Gasteiger partial charge in [-0.15, -0.1) is 0 Å². The van der Waals surface area contributed by atoms with Crippen molar-refractivity contribution in [2.24, 2.45) is 0 Å². The molecule has 5 nitrogen and oxygen atoms in total. The Balaban J connectivity index is 1.80. The van der Waals surface area contributed by atoms with Gasteiger partial charge in [0.25, 0.3) is 5.91 Å². The fourth-order valence-corrected chi connectivity index (χ4v) is 3.89. The Bertz CT molecular complexity index is 1110. The topological polar surface area (TPSA) is 58.6 Å². The summed E-state index contributed by atoms with van der Waals surface area (Å²) in [5.74, 6) is 0.396. The number of carbonyl (C=O) groups is 2. The van der Waals surface area contributed by atoms with Gasteiger partial charge in [0.15, 0.2) is 5.54 Å². The molecule has 1 N–H and O–H groups in total. The van der Waals surface area contributed by atoms with Crippen LogP contribution < -0.4 is 10.1 Å². The summed E-state index contributed by atoms with van der Waals surface area (Å²) >= 11 is 0. The summed E-state index contributed by atoms with van der Waals surface area (Å²) < 4.78 is 5.27. The van der Waals surface area contributed by atoms with E-state index in [4.69, 9.17) is 4.74 Å². The molecule has 4 rings (SSSR count). The van der Waals surface area contributed by atoms with Gasteiger partial charge in [0.1, 0.15) is 5.75 Å². The SMILES string of the molecule is COc1cccc(CN2C(=O)N[C@](c3ccccc3)(c3ccc(C)c(C)c3)C2=O)c1. The molecule has 1 fully saturated rings. The summed E-state index contributed by atoms with van der Waals surface area (Å²) in [5.41, 5.74) is 3.25. The molecule has 3 aromatic rings. The van der Waals surface area contributed by atoms with Crippen LogP contribution in [0.2, 0.25) is 0 Å². The van der Waals surface area contributed by atoms with Crippen LogP contribution in [0.25, 0.3) is 0 Å². The van der Waals surface area contributed by atoms with Crippen molar-refractivity contribution in [3.8, 4) is 5.75 Å². The second kappa shape index (κ2) is 7.67. The van der Waals surface area contributed by atoms with Gasteiger partial charge >= 0.3 is 6.03 Å². The average Bonchev–Trinajstić information content (AvgIpc) is 3.02. The van der Waals surface area contributed by atoms with Gasteiger partial charge in [-0.05, 0) is 53.8 Å². The van der Waals surface area contributed by atoms with Crippen LogP contribution in [0, 0.1) is 13.8 Å². The summed E-state index contributed by atoms with van der Waals surface area (Å²) in [4.78, 5) is 28.1. The molecule has 3 amide bonds. The lowest BCUT2D eigenvalue weighted by atomic mass is 9.81. The predicted molar refractivity (Wildman–Crippen MR) is 115 cm³/mol. The molecule has 1 aliphatic rings. The summed E-state index contributed by atoms with van der Waals surface area (Å²) in [6.07, 6.45) is 0.